The lowest BCUT2D eigenvalue weighted by Gasteiger charge is -2.43. The Balaban J connectivity index is 1.14. The lowest BCUT2D eigenvalue weighted by molar-refractivity contribution is -0.139. The molecule has 41 heavy (non-hydrogen) atoms. The van der Waals surface area contributed by atoms with Gasteiger partial charge in [-0.25, -0.2) is 4.52 Å². The van der Waals surface area contributed by atoms with Gasteiger partial charge in [-0.1, -0.05) is 6.07 Å². The third-order valence-corrected chi connectivity index (χ3v) is 9.56. The maximum absolute atomic E-state index is 12.8. The molecule has 3 aromatic rings. The van der Waals surface area contributed by atoms with Gasteiger partial charge in [0.05, 0.1) is 29.1 Å². The number of likely N-dealkylation sites (tertiary alicyclic amines) is 1. The van der Waals surface area contributed by atoms with Crippen molar-refractivity contribution in [2.75, 3.05) is 65.0 Å². The van der Waals surface area contributed by atoms with Crippen LogP contribution in [0, 0.1) is 5.92 Å². The summed E-state index contributed by atoms with van der Waals surface area (Å²) in [5, 5.41) is 4.58. The van der Waals surface area contributed by atoms with Crippen LogP contribution in [-0.4, -0.2) is 102 Å². The molecule has 6 rings (SSSR count). The van der Waals surface area contributed by atoms with E-state index >= 15 is 0 Å². The Kier molecular flexibility index (Phi) is 8.00. The van der Waals surface area contributed by atoms with E-state index < -0.39 is 0 Å². The van der Waals surface area contributed by atoms with Crippen molar-refractivity contribution < 1.29 is 14.3 Å². The monoisotopic (exact) mass is 561 g/mol. The van der Waals surface area contributed by atoms with Gasteiger partial charge in [-0.05, 0) is 50.8 Å². The number of piperidine rings is 1. The minimum Gasteiger partial charge on any atom is -0.383 e. The molecule has 0 unspecified atom stereocenters. The highest BCUT2D eigenvalue weighted by Crippen LogP contribution is 2.37. The fourth-order valence-electron chi connectivity index (χ4n) is 6.81. The van der Waals surface area contributed by atoms with E-state index in [2.05, 4.69) is 46.1 Å². The molecule has 3 aliphatic rings. The number of methoxy groups -OCH3 is 2. The van der Waals surface area contributed by atoms with Gasteiger partial charge in [0.25, 0.3) is 0 Å². The van der Waals surface area contributed by atoms with Crippen molar-refractivity contribution in [2.45, 2.75) is 50.3 Å². The number of nitrogens with two attached hydrogens (primary N) is 1. The molecule has 0 radical (unpaired) electrons. The van der Waals surface area contributed by atoms with E-state index in [1.54, 1.807) is 7.11 Å². The summed E-state index contributed by atoms with van der Waals surface area (Å²) in [6.07, 6.45) is 9.37. The highest BCUT2D eigenvalue weighted by molar-refractivity contribution is 5.81. The summed E-state index contributed by atoms with van der Waals surface area (Å²) < 4.78 is 13.4. The van der Waals surface area contributed by atoms with Crippen molar-refractivity contribution >= 4 is 17.1 Å². The van der Waals surface area contributed by atoms with Crippen LogP contribution in [0.5, 0.6) is 0 Å². The van der Waals surface area contributed by atoms with Gasteiger partial charge in [0.15, 0.2) is 0 Å². The topological polar surface area (TPSA) is 101 Å². The average Bonchev–Trinajstić information content (AvgIpc) is 3.44. The Hall–Kier alpha value is -3.05. The van der Waals surface area contributed by atoms with Gasteiger partial charge >= 0.3 is 0 Å². The molecule has 3 fully saturated rings. The molecule has 220 valence electrons. The van der Waals surface area contributed by atoms with Crippen molar-refractivity contribution in [3.63, 3.8) is 0 Å². The number of nitrogens with zero attached hydrogens (tertiary/aromatic N) is 6. The largest absolute Gasteiger partial charge is 0.383 e. The first-order chi connectivity index (χ1) is 19.9. The Morgan fingerprint density at radius 1 is 1.10 bits per heavy atom. The molecule has 1 aliphatic carbocycles. The maximum Gasteiger partial charge on any atom is 0.225 e. The summed E-state index contributed by atoms with van der Waals surface area (Å²) in [6, 6.07) is 9.10. The molecule has 5 heterocycles. The van der Waals surface area contributed by atoms with Gasteiger partial charge in [-0.2, -0.15) is 5.10 Å². The summed E-state index contributed by atoms with van der Waals surface area (Å²) in [7, 11) is 3.57. The zero-order valence-corrected chi connectivity index (χ0v) is 24.5. The van der Waals surface area contributed by atoms with Crippen molar-refractivity contribution in [3.8, 4) is 11.3 Å². The van der Waals surface area contributed by atoms with Gasteiger partial charge in [0.2, 0.25) is 5.91 Å². The molecule has 0 bridgehead atoms. The molecule has 2 aliphatic heterocycles. The number of anilines is 1. The highest BCUT2D eigenvalue weighted by Gasteiger charge is 2.38. The minimum absolute atomic E-state index is 0.118. The van der Waals surface area contributed by atoms with Crippen LogP contribution in [0.25, 0.3) is 16.8 Å². The molecule has 3 aromatic heterocycles. The number of fused-ring (bicyclic) bond motifs is 1. The second-order valence-corrected chi connectivity index (χ2v) is 12.0. The average molecular weight is 562 g/mol. The van der Waals surface area contributed by atoms with E-state index in [1.165, 1.54) is 0 Å². The van der Waals surface area contributed by atoms with Gasteiger partial charge in [-0.15, -0.1) is 0 Å². The molecule has 10 nitrogen and oxygen atoms in total. The molecule has 1 saturated carbocycles. The van der Waals surface area contributed by atoms with E-state index in [9.17, 15) is 4.79 Å². The number of piperazine rings is 1. The molecule has 10 heteroatoms. The van der Waals surface area contributed by atoms with Crippen LogP contribution >= 0.6 is 0 Å². The molecular weight excluding hydrogens is 518 g/mol. The van der Waals surface area contributed by atoms with Crippen molar-refractivity contribution in [2.24, 2.45) is 11.7 Å². The van der Waals surface area contributed by atoms with Crippen LogP contribution in [0.3, 0.4) is 0 Å². The number of ether oxygens (including phenoxy) is 2. The first-order valence-corrected chi connectivity index (χ1v) is 14.9. The van der Waals surface area contributed by atoms with Crippen LogP contribution < -0.4 is 10.6 Å². The van der Waals surface area contributed by atoms with Gasteiger partial charge in [0.1, 0.15) is 0 Å². The summed E-state index contributed by atoms with van der Waals surface area (Å²) in [6.45, 7) is 7.98. The van der Waals surface area contributed by atoms with E-state index in [-0.39, 0.29) is 23.5 Å². The van der Waals surface area contributed by atoms with Crippen molar-refractivity contribution in [3.05, 3.63) is 48.4 Å². The third kappa shape index (κ3) is 5.46. The fourth-order valence-corrected chi connectivity index (χ4v) is 6.81. The first-order valence-electron chi connectivity index (χ1n) is 14.9. The standard InChI is InChI=1S/C31H43N7O3/c1-22(21-40-2)35-10-7-31(41-3,8-11-35)25-4-5-27(33-19-25)24-18-29-28(6-9-34-38(29)20-24)36-12-14-37(15-13-36)30(39)23-16-26(32)17-23/h4-6,9,18-20,22-23,26H,7-8,10-17,21,32H2,1-3H3/t22-,23?,26?/m1/s1. The van der Waals surface area contributed by atoms with Crippen molar-refractivity contribution in [1.82, 2.24) is 24.4 Å². The van der Waals surface area contributed by atoms with E-state index in [1.807, 2.05) is 35.1 Å². The van der Waals surface area contributed by atoms with Crippen LogP contribution in [0.2, 0.25) is 0 Å². The fraction of sp³-hybridized carbons (Fsp3) is 0.581. The highest BCUT2D eigenvalue weighted by atomic mass is 16.5. The van der Waals surface area contributed by atoms with Gasteiger partial charge in [-0.3, -0.25) is 14.7 Å². The zero-order valence-electron chi connectivity index (χ0n) is 24.5. The summed E-state index contributed by atoms with van der Waals surface area (Å²) in [4.78, 5) is 24.5. The van der Waals surface area contributed by atoms with Crippen LogP contribution in [0.15, 0.2) is 42.9 Å². The van der Waals surface area contributed by atoms with Crippen molar-refractivity contribution in [1.29, 1.82) is 0 Å². The Morgan fingerprint density at radius 2 is 1.85 bits per heavy atom. The third-order valence-electron chi connectivity index (χ3n) is 9.56. The predicted octanol–water partition coefficient (Wildman–Crippen LogP) is 2.75. The Bertz CT molecular complexity index is 1340. The maximum atomic E-state index is 12.8. The lowest BCUT2D eigenvalue weighted by Crippen LogP contribution is -2.53. The normalized spacial score (nSPS) is 23.9. The van der Waals surface area contributed by atoms with E-state index in [4.69, 9.17) is 20.2 Å². The molecule has 2 N–H and O–H groups in total. The number of carbonyl (C=O) groups is 1. The molecule has 1 atom stereocenters. The summed E-state index contributed by atoms with van der Waals surface area (Å²) in [5.41, 5.74) is 10.8. The van der Waals surface area contributed by atoms with E-state index in [0.29, 0.717) is 6.04 Å². The van der Waals surface area contributed by atoms with E-state index in [0.717, 1.165) is 99.6 Å². The SMILES string of the molecule is COC[C@@H](C)N1CCC(OC)(c2ccc(-c3cc4c(N5CCN(C(=O)C6CC(N)C6)CC5)ccnn4c3)nc2)CC1. The first kappa shape index (κ1) is 28.1. The van der Waals surface area contributed by atoms with Crippen LogP contribution in [-0.2, 0) is 19.9 Å². The number of aromatic nitrogens is 3. The summed E-state index contributed by atoms with van der Waals surface area (Å²) >= 11 is 0. The minimum atomic E-state index is -0.316. The summed E-state index contributed by atoms with van der Waals surface area (Å²) in [5.74, 6) is 0.389. The quantitative estimate of drug-likeness (QED) is 0.448. The number of hydrogen-bond donors (Lipinski definition) is 1. The Labute approximate surface area is 242 Å². The lowest BCUT2D eigenvalue weighted by atomic mass is 9.80. The number of carbonyl (C=O) groups excluding carboxylic acids is 1. The number of pyridine rings is 1. The second-order valence-electron chi connectivity index (χ2n) is 12.0. The number of rotatable bonds is 8. The molecular formula is C31H43N7O3. The molecule has 0 spiro atoms. The number of amides is 1. The molecule has 2 saturated heterocycles. The molecule has 0 aromatic carbocycles. The van der Waals surface area contributed by atoms with Crippen LogP contribution in [0.1, 0.15) is 38.2 Å². The number of hydrogen-bond acceptors (Lipinski definition) is 8. The smallest absolute Gasteiger partial charge is 0.225 e. The second kappa shape index (κ2) is 11.7. The van der Waals surface area contributed by atoms with Gasteiger partial charge in [0, 0.05) is 101 Å². The zero-order chi connectivity index (χ0) is 28.6. The molecule has 1 amide bonds. The Morgan fingerprint density at radius 3 is 2.49 bits per heavy atom. The predicted molar refractivity (Wildman–Crippen MR) is 159 cm³/mol. The van der Waals surface area contributed by atoms with Crippen LogP contribution in [0.4, 0.5) is 5.69 Å². The van der Waals surface area contributed by atoms with Gasteiger partial charge < -0.3 is 25.0 Å².